The third-order valence-corrected chi connectivity index (χ3v) is 9.28. The SMILES string of the molecule is CCOC(=O)C(C)(C)Oc1cc(C)c(Cc2ccc3c(n2)c(C(C)C)cn3S(=O)(=O)c2ccc(C)cc2)c(C)c1C. The Labute approximate surface area is 243 Å². The maximum atomic E-state index is 13.6. The van der Waals surface area contributed by atoms with Crippen LogP contribution in [0.3, 0.4) is 0 Å². The quantitative estimate of drug-likeness (QED) is 0.201. The first-order valence-corrected chi connectivity index (χ1v) is 15.4. The number of hydrogen-bond donors (Lipinski definition) is 0. The van der Waals surface area contributed by atoms with Gasteiger partial charge in [0.05, 0.1) is 22.5 Å². The minimum Gasteiger partial charge on any atom is -0.476 e. The van der Waals surface area contributed by atoms with E-state index in [1.807, 2.05) is 59.7 Å². The number of benzene rings is 2. The van der Waals surface area contributed by atoms with E-state index in [0.717, 1.165) is 39.1 Å². The van der Waals surface area contributed by atoms with Gasteiger partial charge in [0.1, 0.15) is 5.75 Å². The van der Waals surface area contributed by atoms with Crippen molar-refractivity contribution >= 4 is 27.0 Å². The number of ether oxygens (including phenoxy) is 2. The highest BCUT2D eigenvalue weighted by Crippen LogP contribution is 2.34. The molecule has 0 bridgehead atoms. The molecule has 2 heterocycles. The Morgan fingerprint density at radius 3 is 2.27 bits per heavy atom. The summed E-state index contributed by atoms with van der Waals surface area (Å²) in [4.78, 5) is 17.6. The number of carbonyl (C=O) groups is 1. The summed E-state index contributed by atoms with van der Waals surface area (Å²) in [7, 11) is -3.79. The maximum Gasteiger partial charge on any atom is 0.349 e. The molecule has 0 aliphatic carbocycles. The molecule has 0 radical (unpaired) electrons. The number of esters is 1. The Morgan fingerprint density at radius 2 is 1.66 bits per heavy atom. The molecule has 0 unspecified atom stereocenters. The zero-order valence-electron chi connectivity index (χ0n) is 25.5. The second kappa shape index (κ2) is 11.3. The van der Waals surface area contributed by atoms with Crippen LogP contribution in [0.1, 0.15) is 79.6 Å². The van der Waals surface area contributed by atoms with Crippen LogP contribution in [0.25, 0.3) is 11.0 Å². The van der Waals surface area contributed by atoms with Gasteiger partial charge in [0.25, 0.3) is 10.0 Å². The molecule has 0 fully saturated rings. The van der Waals surface area contributed by atoms with Crippen LogP contribution in [0.4, 0.5) is 0 Å². The molecular weight excluding hydrogens is 536 g/mol. The van der Waals surface area contributed by atoms with Crippen LogP contribution in [0.15, 0.2) is 53.6 Å². The highest BCUT2D eigenvalue weighted by atomic mass is 32.2. The van der Waals surface area contributed by atoms with Gasteiger partial charge in [-0.25, -0.2) is 17.2 Å². The van der Waals surface area contributed by atoms with Gasteiger partial charge in [0.15, 0.2) is 5.60 Å². The van der Waals surface area contributed by atoms with E-state index in [1.54, 1.807) is 51.2 Å². The second-order valence-corrected chi connectivity index (χ2v) is 13.3. The fourth-order valence-corrected chi connectivity index (χ4v) is 6.33. The smallest absolute Gasteiger partial charge is 0.349 e. The zero-order chi connectivity index (χ0) is 30.3. The number of rotatable bonds is 9. The standard InChI is InChI=1S/C33H40N2O5S/c1-10-39-32(36)33(8,9)40-30-17-22(5)27(23(6)24(30)7)18-25-13-16-29-31(34-25)28(20(2)3)19-35(29)41(37,38)26-14-11-21(4)12-15-26/h11-17,19-20H,10,18H2,1-9H3. The summed E-state index contributed by atoms with van der Waals surface area (Å²) in [5.74, 6) is 0.318. The molecule has 4 aromatic rings. The normalized spacial score (nSPS) is 12.2. The van der Waals surface area contributed by atoms with Gasteiger partial charge in [0.2, 0.25) is 0 Å². The van der Waals surface area contributed by atoms with E-state index in [4.69, 9.17) is 14.5 Å². The van der Waals surface area contributed by atoms with Crippen LogP contribution in [0.5, 0.6) is 5.75 Å². The van der Waals surface area contributed by atoms with Crippen molar-refractivity contribution in [2.45, 2.75) is 85.1 Å². The number of pyridine rings is 1. The summed E-state index contributed by atoms with van der Waals surface area (Å²) in [6, 6.07) is 12.6. The van der Waals surface area contributed by atoms with Crippen molar-refractivity contribution in [1.82, 2.24) is 8.96 Å². The number of aromatic nitrogens is 2. The van der Waals surface area contributed by atoms with Gasteiger partial charge in [-0.3, -0.25) is 4.98 Å². The van der Waals surface area contributed by atoms with E-state index < -0.39 is 21.6 Å². The van der Waals surface area contributed by atoms with Gasteiger partial charge >= 0.3 is 5.97 Å². The predicted molar refractivity (Wildman–Crippen MR) is 162 cm³/mol. The van der Waals surface area contributed by atoms with Gasteiger partial charge < -0.3 is 9.47 Å². The molecule has 8 heteroatoms. The number of nitrogens with zero attached hydrogens (tertiary/aromatic N) is 2. The largest absolute Gasteiger partial charge is 0.476 e. The summed E-state index contributed by atoms with van der Waals surface area (Å²) in [6.45, 7) is 17.5. The molecule has 218 valence electrons. The predicted octanol–water partition coefficient (Wildman–Crippen LogP) is 6.94. The van der Waals surface area contributed by atoms with Gasteiger partial charge in [-0.05, 0) is 113 Å². The average Bonchev–Trinajstić information content (AvgIpc) is 3.30. The molecule has 41 heavy (non-hydrogen) atoms. The Morgan fingerprint density at radius 1 is 1.00 bits per heavy atom. The number of hydrogen-bond acceptors (Lipinski definition) is 6. The molecule has 0 saturated heterocycles. The Balaban J connectivity index is 1.73. The van der Waals surface area contributed by atoms with Crippen molar-refractivity contribution in [1.29, 1.82) is 0 Å². The van der Waals surface area contributed by atoms with E-state index in [1.165, 1.54) is 3.97 Å². The number of aryl methyl sites for hydroxylation is 2. The lowest BCUT2D eigenvalue weighted by Gasteiger charge is -2.26. The molecule has 0 amide bonds. The highest BCUT2D eigenvalue weighted by molar-refractivity contribution is 7.90. The fraction of sp³-hybridized carbons (Fsp3) is 0.394. The van der Waals surface area contributed by atoms with E-state index in [2.05, 4.69) is 0 Å². The van der Waals surface area contributed by atoms with Crippen molar-refractivity contribution in [3.63, 3.8) is 0 Å². The van der Waals surface area contributed by atoms with E-state index in [-0.39, 0.29) is 10.8 Å². The third-order valence-electron chi connectivity index (χ3n) is 7.60. The Hall–Kier alpha value is -3.65. The van der Waals surface area contributed by atoms with Crippen molar-refractivity contribution in [3.8, 4) is 5.75 Å². The molecule has 4 rings (SSSR count). The highest BCUT2D eigenvalue weighted by Gasteiger charge is 2.32. The number of carbonyl (C=O) groups excluding carboxylic acids is 1. The molecule has 0 aliphatic rings. The molecule has 7 nitrogen and oxygen atoms in total. The third kappa shape index (κ3) is 5.89. The van der Waals surface area contributed by atoms with Gasteiger partial charge in [-0.15, -0.1) is 0 Å². The van der Waals surface area contributed by atoms with Crippen LogP contribution in [-0.2, 0) is 26.0 Å². The van der Waals surface area contributed by atoms with E-state index >= 15 is 0 Å². The van der Waals surface area contributed by atoms with Crippen molar-refractivity contribution < 1.29 is 22.7 Å². The molecule has 0 saturated carbocycles. The molecule has 2 aromatic carbocycles. The Kier molecular flexibility index (Phi) is 8.37. The fourth-order valence-electron chi connectivity index (χ4n) is 4.96. The molecule has 0 aliphatic heterocycles. The first-order chi connectivity index (χ1) is 19.2. The van der Waals surface area contributed by atoms with Gasteiger partial charge in [-0.1, -0.05) is 31.5 Å². The summed E-state index contributed by atoms with van der Waals surface area (Å²) in [5, 5.41) is 0. The van der Waals surface area contributed by atoms with Crippen molar-refractivity contribution in [3.05, 3.63) is 87.7 Å². The lowest BCUT2D eigenvalue weighted by Crippen LogP contribution is -2.40. The van der Waals surface area contributed by atoms with E-state index in [0.29, 0.717) is 29.8 Å². The maximum absolute atomic E-state index is 13.6. The van der Waals surface area contributed by atoms with Gasteiger partial charge in [-0.2, -0.15) is 0 Å². The van der Waals surface area contributed by atoms with Crippen LogP contribution in [0.2, 0.25) is 0 Å². The lowest BCUT2D eigenvalue weighted by molar-refractivity contribution is -0.158. The summed E-state index contributed by atoms with van der Waals surface area (Å²) < 4.78 is 39.9. The summed E-state index contributed by atoms with van der Waals surface area (Å²) in [6.07, 6.45) is 2.28. The zero-order valence-corrected chi connectivity index (χ0v) is 26.3. The summed E-state index contributed by atoms with van der Waals surface area (Å²) in [5.41, 5.74) is 7.01. The minimum absolute atomic E-state index is 0.0830. The first kappa shape index (κ1) is 30.3. The van der Waals surface area contributed by atoms with Crippen LogP contribution in [-0.4, -0.2) is 35.6 Å². The molecule has 0 N–H and O–H groups in total. The van der Waals surface area contributed by atoms with Crippen molar-refractivity contribution in [2.24, 2.45) is 0 Å². The summed E-state index contributed by atoms with van der Waals surface area (Å²) >= 11 is 0. The lowest BCUT2D eigenvalue weighted by atomic mass is 9.93. The molecule has 0 spiro atoms. The average molecular weight is 577 g/mol. The van der Waals surface area contributed by atoms with Crippen LogP contribution in [0, 0.1) is 27.7 Å². The molecular formula is C33H40N2O5S. The monoisotopic (exact) mass is 576 g/mol. The molecule has 2 aromatic heterocycles. The molecule has 0 atom stereocenters. The first-order valence-electron chi connectivity index (χ1n) is 14.0. The minimum atomic E-state index is -3.79. The topological polar surface area (TPSA) is 87.5 Å². The van der Waals surface area contributed by atoms with Crippen LogP contribution < -0.4 is 4.74 Å². The van der Waals surface area contributed by atoms with Crippen molar-refractivity contribution in [2.75, 3.05) is 6.61 Å². The number of fused-ring (bicyclic) bond motifs is 1. The van der Waals surface area contributed by atoms with Gasteiger partial charge in [0, 0.05) is 18.3 Å². The Bertz CT molecular complexity index is 1720. The second-order valence-electron chi connectivity index (χ2n) is 11.5. The van der Waals surface area contributed by atoms with Crippen LogP contribution >= 0.6 is 0 Å². The van der Waals surface area contributed by atoms with E-state index in [9.17, 15) is 13.2 Å².